The van der Waals surface area contributed by atoms with Crippen molar-refractivity contribution in [3.05, 3.63) is 0 Å². The first-order valence-corrected chi connectivity index (χ1v) is 1.72. The Hall–Kier alpha value is -0.580. The molecule has 31 valence electrons. The number of hydrogen-bond acceptors (Lipinski definition) is 3. The molecule has 4 nitrogen and oxygen atoms in total. The Morgan fingerprint density at radius 2 is 2.33 bits per heavy atom. The highest BCUT2D eigenvalue weighted by Crippen LogP contribution is 1.92. The van der Waals surface area contributed by atoms with Gasteiger partial charge in [-0.3, -0.25) is 0 Å². The lowest BCUT2D eigenvalue weighted by Crippen LogP contribution is -1.73. The van der Waals surface area contributed by atoms with E-state index < -0.39 is 0 Å². The quantitative estimate of drug-likeness (QED) is 0.423. The van der Waals surface area contributed by atoms with Crippen LogP contribution in [0.1, 0.15) is 0 Å². The molecule has 1 radical (unpaired) electrons. The van der Waals surface area contributed by atoms with Crippen LogP contribution in [0.25, 0.3) is 0 Å². The van der Waals surface area contributed by atoms with Gasteiger partial charge in [-0.15, -0.1) is 0 Å². The van der Waals surface area contributed by atoms with Crippen molar-refractivity contribution >= 4 is 17.8 Å². The molecule has 0 aromatic carbocycles. The lowest BCUT2D eigenvalue weighted by Gasteiger charge is -1.63. The third-order valence-electron chi connectivity index (χ3n) is 0.308. The first-order valence-electron chi connectivity index (χ1n) is 1.27. The van der Waals surface area contributed by atoms with E-state index in [4.69, 9.17) is 0 Å². The summed E-state index contributed by atoms with van der Waals surface area (Å²) in [5, 5.41) is 10.1. The molecule has 0 aromatic heterocycles. The van der Waals surface area contributed by atoms with Crippen LogP contribution in [0.2, 0.25) is 0 Å². The summed E-state index contributed by atoms with van der Waals surface area (Å²) in [4.78, 5) is 0. The molecule has 1 aliphatic heterocycles. The highest BCUT2D eigenvalue weighted by molar-refractivity contribution is 7.96. The van der Waals surface area contributed by atoms with Gasteiger partial charge < -0.3 is 0 Å². The zero-order chi connectivity index (χ0) is 4.41. The molecule has 0 amide bonds. The third-order valence-corrected chi connectivity index (χ3v) is 0.487. The second-order valence-electron chi connectivity index (χ2n) is 0.679. The Morgan fingerprint density at radius 3 is 2.50 bits per heavy atom. The number of amidine groups is 1. The molecule has 0 saturated carbocycles. The van der Waals surface area contributed by atoms with Crippen LogP contribution in [0.5, 0.6) is 0 Å². The van der Waals surface area contributed by atoms with Gasteiger partial charge in [-0.2, -0.15) is 0 Å². The normalized spacial score (nSPS) is 17.2. The molecule has 0 N–H and O–H groups in total. The van der Waals surface area contributed by atoms with Crippen molar-refractivity contribution in [3.63, 3.8) is 0 Å². The molecule has 0 unspecified atom stereocenters. The molecule has 1 aliphatic rings. The van der Waals surface area contributed by atoms with Crippen molar-refractivity contribution in [2.75, 3.05) is 0 Å². The number of rotatable bonds is 0. The summed E-state index contributed by atoms with van der Waals surface area (Å²) in [6.45, 7) is 0. The Balaban J connectivity index is 2.68. The zero-order valence-corrected chi connectivity index (χ0v) is 3.63. The fraction of sp³-hybridized carbons (Fsp3) is 0. The minimum absolute atomic E-state index is 0.315. The molecule has 0 spiro atoms. The molecular weight excluding hydrogens is 100 g/mol. The third kappa shape index (κ3) is 0.486. The Bertz CT molecular complexity index is 101. The van der Waals surface area contributed by atoms with Gasteiger partial charge in [0.1, 0.15) is 0 Å². The molecule has 0 fully saturated rings. The van der Waals surface area contributed by atoms with Gasteiger partial charge in [0, 0.05) is 0 Å². The summed E-state index contributed by atoms with van der Waals surface area (Å²) in [7, 11) is 0. The van der Waals surface area contributed by atoms with Crippen LogP contribution in [-0.2, 0) is 0 Å². The van der Waals surface area contributed by atoms with E-state index in [1.165, 1.54) is 0 Å². The standard InChI is InChI=1S/CHN4S/c6-1-2-4-5-3-1/h(H,2,6). The maximum atomic E-state index is 3.69. The summed E-state index contributed by atoms with van der Waals surface area (Å²) in [5.41, 5.74) is 3.13. The molecule has 0 atom stereocenters. The SMILES string of the molecule is SC1=N[N]N=N1. The molecule has 5 heteroatoms. The van der Waals surface area contributed by atoms with Gasteiger partial charge in [-0.1, -0.05) is 22.8 Å². The van der Waals surface area contributed by atoms with Crippen molar-refractivity contribution in [1.82, 2.24) is 5.53 Å². The van der Waals surface area contributed by atoms with Gasteiger partial charge in [0.05, 0.1) is 0 Å². The van der Waals surface area contributed by atoms with E-state index in [1.54, 1.807) is 0 Å². The Kier molecular flexibility index (Phi) is 0.754. The molecular formula is CHN4S. The van der Waals surface area contributed by atoms with Gasteiger partial charge in [0.15, 0.2) is 0 Å². The van der Waals surface area contributed by atoms with Crippen LogP contribution in [0.3, 0.4) is 0 Å². The second kappa shape index (κ2) is 1.25. The van der Waals surface area contributed by atoms with Crippen LogP contribution in [0.4, 0.5) is 0 Å². The van der Waals surface area contributed by atoms with E-state index in [1.807, 2.05) is 0 Å². The minimum Gasteiger partial charge on any atom is -0.0998 e. The van der Waals surface area contributed by atoms with Crippen LogP contribution in [0, 0.1) is 0 Å². The van der Waals surface area contributed by atoms with Crippen LogP contribution < -0.4 is 5.53 Å². The van der Waals surface area contributed by atoms with Crippen molar-refractivity contribution in [3.8, 4) is 0 Å². The summed E-state index contributed by atoms with van der Waals surface area (Å²) >= 11 is 3.69. The van der Waals surface area contributed by atoms with E-state index in [2.05, 4.69) is 33.6 Å². The fourth-order valence-electron chi connectivity index (χ4n) is 0.140. The average Bonchev–Trinajstić information content (AvgIpc) is 1.86. The average molecular weight is 101 g/mol. The summed E-state index contributed by atoms with van der Waals surface area (Å²) in [6.07, 6.45) is 0. The molecule has 0 aromatic rings. The van der Waals surface area contributed by atoms with E-state index in [0.717, 1.165) is 0 Å². The smallest absolute Gasteiger partial charge is 0.0998 e. The predicted molar refractivity (Wildman–Crippen MR) is 23.4 cm³/mol. The van der Waals surface area contributed by atoms with Crippen molar-refractivity contribution in [2.45, 2.75) is 0 Å². The Labute approximate surface area is 39.7 Å². The topological polar surface area (TPSA) is 51.2 Å². The maximum absolute atomic E-state index is 3.69. The van der Waals surface area contributed by atoms with E-state index in [0.29, 0.717) is 5.17 Å². The molecule has 1 rings (SSSR count). The molecule has 0 bridgehead atoms. The van der Waals surface area contributed by atoms with Crippen molar-refractivity contribution < 1.29 is 0 Å². The highest BCUT2D eigenvalue weighted by atomic mass is 32.1. The summed E-state index contributed by atoms with van der Waals surface area (Å²) < 4.78 is 0. The lowest BCUT2D eigenvalue weighted by molar-refractivity contribution is 0.780. The first-order chi connectivity index (χ1) is 2.89. The van der Waals surface area contributed by atoms with E-state index in [9.17, 15) is 0 Å². The van der Waals surface area contributed by atoms with E-state index >= 15 is 0 Å². The Morgan fingerprint density at radius 1 is 1.50 bits per heavy atom. The first kappa shape index (κ1) is 3.60. The monoisotopic (exact) mass is 101 g/mol. The summed E-state index contributed by atoms with van der Waals surface area (Å²) in [5.74, 6) is 0. The number of nitrogens with zero attached hydrogens (tertiary/aromatic N) is 4. The lowest BCUT2D eigenvalue weighted by atomic mass is 11.4. The predicted octanol–water partition coefficient (Wildman–Crippen LogP) is 0.172. The van der Waals surface area contributed by atoms with Crippen LogP contribution >= 0.6 is 12.6 Å². The van der Waals surface area contributed by atoms with Gasteiger partial charge >= 0.3 is 0 Å². The van der Waals surface area contributed by atoms with Crippen LogP contribution in [-0.4, -0.2) is 5.17 Å². The van der Waals surface area contributed by atoms with Crippen LogP contribution in [0.15, 0.2) is 15.4 Å². The van der Waals surface area contributed by atoms with E-state index in [-0.39, 0.29) is 0 Å². The highest BCUT2D eigenvalue weighted by Gasteiger charge is 1.92. The van der Waals surface area contributed by atoms with Gasteiger partial charge in [0.25, 0.3) is 0 Å². The van der Waals surface area contributed by atoms with Crippen molar-refractivity contribution in [2.24, 2.45) is 15.4 Å². The summed E-state index contributed by atoms with van der Waals surface area (Å²) in [6, 6.07) is 0. The fourth-order valence-corrected chi connectivity index (χ4v) is 0.220. The van der Waals surface area contributed by atoms with Crippen molar-refractivity contribution in [1.29, 1.82) is 0 Å². The minimum atomic E-state index is 0.315. The molecule has 1 heterocycles. The second-order valence-corrected chi connectivity index (χ2v) is 1.08. The molecule has 6 heavy (non-hydrogen) atoms. The zero-order valence-electron chi connectivity index (χ0n) is 2.74. The molecule has 0 saturated heterocycles. The molecule has 0 aliphatic carbocycles. The number of hydrogen-bond donors (Lipinski definition) is 1. The van der Waals surface area contributed by atoms with Gasteiger partial charge in [-0.05, 0) is 10.8 Å². The largest absolute Gasteiger partial charge is 0.230 e. The van der Waals surface area contributed by atoms with Gasteiger partial charge in [0.2, 0.25) is 5.17 Å². The van der Waals surface area contributed by atoms with Gasteiger partial charge in [-0.25, -0.2) is 0 Å². The number of thiol groups is 1. The maximum Gasteiger partial charge on any atom is 0.230 e.